The highest BCUT2D eigenvalue weighted by molar-refractivity contribution is 7.81. The molecule has 8 nitrogen and oxygen atoms in total. The molecule has 0 spiro atoms. The van der Waals surface area contributed by atoms with Gasteiger partial charge in [-0.05, 0) is 0 Å². The third-order valence-electron chi connectivity index (χ3n) is 0.575. The fraction of sp³-hybridized carbons (Fsp3) is 0.500. The number of hydrogen-bond donors (Lipinski definition) is 2. The quantitative estimate of drug-likeness (QED) is 0.541. The zero-order valence-corrected chi connectivity index (χ0v) is 7.67. The van der Waals surface area contributed by atoms with E-state index in [4.69, 9.17) is 0 Å². The van der Waals surface area contributed by atoms with E-state index >= 15 is 0 Å². The Morgan fingerprint density at radius 2 is 1.31 bits per heavy atom. The highest BCUT2D eigenvalue weighted by Gasteiger charge is 2.14. The summed E-state index contributed by atoms with van der Waals surface area (Å²) < 4.78 is 28.7. The van der Waals surface area contributed by atoms with Gasteiger partial charge in [0.1, 0.15) is 0 Å². The Morgan fingerprint density at radius 1 is 1.00 bits per heavy atom. The molecule has 0 unspecified atom stereocenters. The van der Waals surface area contributed by atoms with Crippen LogP contribution < -0.4 is 11.0 Å². The maximum atomic E-state index is 10.6. The lowest BCUT2D eigenvalue weighted by Crippen LogP contribution is -2.31. The monoisotopic (exact) mass is 212 g/mol. The molecule has 0 aliphatic rings. The summed E-state index contributed by atoms with van der Waals surface area (Å²) >= 11 is 0. The zero-order chi connectivity index (χ0) is 10.5. The SMILES string of the molecule is CC(=O)NOS(=O)(=O)ONC(C)=O. The molecule has 13 heavy (non-hydrogen) atoms. The first-order chi connectivity index (χ1) is 5.83. The largest absolute Gasteiger partial charge is 0.442 e. The van der Waals surface area contributed by atoms with Crippen molar-refractivity contribution in [2.24, 2.45) is 0 Å². The molecule has 0 atom stereocenters. The molecule has 2 N–H and O–H groups in total. The van der Waals surface area contributed by atoms with E-state index in [-0.39, 0.29) is 0 Å². The number of amides is 2. The Kier molecular flexibility index (Phi) is 4.31. The van der Waals surface area contributed by atoms with Gasteiger partial charge in [0.05, 0.1) is 0 Å². The van der Waals surface area contributed by atoms with E-state index < -0.39 is 22.2 Å². The highest BCUT2D eigenvalue weighted by Crippen LogP contribution is 1.88. The molecule has 0 aliphatic heterocycles. The first kappa shape index (κ1) is 11.8. The van der Waals surface area contributed by atoms with Crippen molar-refractivity contribution in [3.63, 3.8) is 0 Å². The van der Waals surface area contributed by atoms with Crippen molar-refractivity contribution in [3.05, 3.63) is 0 Å². The van der Waals surface area contributed by atoms with Gasteiger partial charge in [0.15, 0.2) is 0 Å². The van der Waals surface area contributed by atoms with Crippen LogP contribution in [0.25, 0.3) is 0 Å². The summed E-state index contributed by atoms with van der Waals surface area (Å²) in [5, 5.41) is 0. The third-order valence-corrected chi connectivity index (χ3v) is 1.15. The number of nitrogens with one attached hydrogen (secondary N) is 2. The van der Waals surface area contributed by atoms with Crippen LogP contribution in [-0.2, 0) is 28.6 Å². The Hall–Kier alpha value is -1.19. The van der Waals surface area contributed by atoms with Gasteiger partial charge in [-0.15, -0.1) is 8.57 Å². The maximum Gasteiger partial charge on any atom is 0.442 e. The molecule has 0 bridgehead atoms. The molecule has 0 radical (unpaired) electrons. The highest BCUT2D eigenvalue weighted by atomic mass is 32.3. The smallest absolute Gasteiger partial charge is 0.273 e. The van der Waals surface area contributed by atoms with Crippen LogP contribution in [0.1, 0.15) is 13.8 Å². The van der Waals surface area contributed by atoms with E-state index in [1.807, 2.05) is 0 Å². The van der Waals surface area contributed by atoms with Crippen molar-refractivity contribution < 1.29 is 26.6 Å². The summed E-state index contributed by atoms with van der Waals surface area (Å²) in [7, 11) is -4.44. The van der Waals surface area contributed by atoms with Gasteiger partial charge in [-0.3, -0.25) is 9.59 Å². The fourth-order valence-corrected chi connectivity index (χ4v) is 0.709. The van der Waals surface area contributed by atoms with E-state index in [0.717, 1.165) is 13.8 Å². The van der Waals surface area contributed by atoms with E-state index in [2.05, 4.69) is 8.57 Å². The van der Waals surface area contributed by atoms with Crippen LogP contribution in [0.3, 0.4) is 0 Å². The number of hydroxylamine groups is 2. The molecule has 0 saturated carbocycles. The molecule has 0 aromatic heterocycles. The molecule has 2 amide bonds. The molecule has 0 saturated heterocycles. The molecule has 0 fully saturated rings. The van der Waals surface area contributed by atoms with Crippen molar-refractivity contribution in [1.29, 1.82) is 0 Å². The predicted molar refractivity (Wildman–Crippen MR) is 38.7 cm³/mol. The van der Waals surface area contributed by atoms with Gasteiger partial charge in [0.2, 0.25) is 11.8 Å². The summed E-state index contributed by atoms with van der Waals surface area (Å²) in [6.07, 6.45) is 0. The molecule has 76 valence electrons. The van der Waals surface area contributed by atoms with Gasteiger partial charge in [0, 0.05) is 13.8 Å². The van der Waals surface area contributed by atoms with Crippen LogP contribution in [0.15, 0.2) is 0 Å². The second-order valence-electron chi connectivity index (χ2n) is 1.89. The minimum absolute atomic E-state index is 0.727. The summed E-state index contributed by atoms with van der Waals surface area (Å²) in [6, 6.07) is 0. The number of hydrogen-bond acceptors (Lipinski definition) is 6. The normalized spacial score (nSPS) is 10.6. The second kappa shape index (κ2) is 4.74. The molecular weight excluding hydrogens is 204 g/mol. The van der Waals surface area contributed by atoms with E-state index in [9.17, 15) is 18.0 Å². The average Bonchev–Trinajstić information content (AvgIpc) is 1.98. The van der Waals surface area contributed by atoms with Crippen molar-refractivity contribution >= 4 is 22.2 Å². The van der Waals surface area contributed by atoms with Crippen LogP contribution in [0.4, 0.5) is 0 Å². The van der Waals surface area contributed by atoms with Crippen LogP contribution in [0.2, 0.25) is 0 Å². The lowest BCUT2D eigenvalue weighted by Gasteiger charge is -2.03. The molecular formula is C4H8N2O6S. The summed E-state index contributed by atoms with van der Waals surface area (Å²) in [5.74, 6) is -1.45. The van der Waals surface area contributed by atoms with Gasteiger partial charge in [-0.1, -0.05) is 0 Å². The van der Waals surface area contributed by atoms with E-state index in [0.29, 0.717) is 0 Å². The number of carbonyl (C=O) groups excluding carboxylic acids is 2. The molecule has 0 aromatic carbocycles. The molecule has 0 aliphatic carbocycles. The van der Waals surface area contributed by atoms with E-state index in [1.54, 1.807) is 0 Å². The zero-order valence-electron chi connectivity index (χ0n) is 6.86. The lowest BCUT2D eigenvalue weighted by atomic mass is 10.8. The van der Waals surface area contributed by atoms with Crippen LogP contribution in [0, 0.1) is 0 Å². The van der Waals surface area contributed by atoms with Crippen molar-refractivity contribution in [2.45, 2.75) is 13.8 Å². The number of rotatable bonds is 4. The van der Waals surface area contributed by atoms with Crippen LogP contribution in [-0.4, -0.2) is 20.2 Å². The Balaban J connectivity index is 3.95. The van der Waals surface area contributed by atoms with Gasteiger partial charge in [0.25, 0.3) is 0 Å². The fourth-order valence-electron chi connectivity index (χ4n) is 0.236. The Morgan fingerprint density at radius 3 is 1.54 bits per heavy atom. The lowest BCUT2D eigenvalue weighted by molar-refractivity contribution is -0.127. The van der Waals surface area contributed by atoms with Gasteiger partial charge in [-0.25, -0.2) is 11.0 Å². The molecule has 9 heteroatoms. The minimum Gasteiger partial charge on any atom is -0.273 e. The van der Waals surface area contributed by atoms with Gasteiger partial charge >= 0.3 is 10.4 Å². The van der Waals surface area contributed by atoms with Crippen molar-refractivity contribution in [2.75, 3.05) is 0 Å². The average molecular weight is 212 g/mol. The maximum absolute atomic E-state index is 10.6. The van der Waals surface area contributed by atoms with Crippen molar-refractivity contribution in [3.8, 4) is 0 Å². The summed E-state index contributed by atoms with van der Waals surface area (Å²) in [4.78, 5) is 20.4. The summed E-state index contributed by atoms with van der Waals surface area (Å²) in [5.41, 5.74) is 3.01. The second-order valence-corrected chi connectivity index (χ2v) is 3.04. The van der Waals surface area contributed by atoms with E-state index in [1.165, 1.54) is 11.0 Å². The predicted octanol–water partition coefficient (Wildman–Crippen LogP) is -1.63. The topological polar surface area (TPSA) is 111 Å². The van der Waals surface area contributed by atoms with Crippen molar-refractivity contribution in [1.82, 2.24) is 11.0 Å². The standard InChI is InChI=1S/C4H8N2O6S/c1-3(7)5-11-13(9,10)12-6-4(2)8/h1-2H3,(H,5,7)(H,6,8). The minimum atomic E-state index is -4.44. The molecule has 0 aromatic rings. The molecule has 0 heterocycles. The summed E-state index contributed by atoms with van der Waals surface area (Å²) in [6.45, 7) is 2.07. The first-order valence-corrected chi connectivity index (χ1v) is 4.32. The number of carbonyl (C=O) groups is 2. The Bertz CT molecular complexity index is 272. The first-order valence-electron chi connectivity index (χ1n) is 2.98. The van der Waals surface area contributed by atoms with Gasteiger partial charge in [-0.2, -0.15) is 8.42 Å². The third kappa shape index (κ3) is 7.18. The van der Waals surface area contributed by atoms with Crippen LogP contribution in [0.5, 0.6) is 0 Å². The molecule has 0 rings (SSSR count). The van der Waals surface area contributed by atoms with Crippen LogP contribution >= 0.6 is 0 Å². The Labute approximate surface area is 74.4 Å². The van der Waals surface area contributed by atoms with Gasteiger partial charge < -0.3 is 0 Å².